The van der Waals surface area contributed by atoms with Crippen LogP contribution in [0.3, 0.4) is 0 Å². The van der Waals surface area contributed by atoms with Gasteiger partial charge in [-0.15, -0.1) is 0 Å². The van der Waals surface area contributed by atoms with Crippen molar-refractivity contribution in [2.75, 3.05) is 27.4 Å². The molecular weight excluding hydrogens is 465 g/mol. The number of hydrogen-bond acceptors (Lipinski definition) is 6. The highest BCUT2D eigenvalue weighted by molar-refractivity contribution is 6.33. The lowest BCUT2D eigenvalue weighted by Crippen LogP contribution is -2.73. The van der Waals surface area contributed by atoms with E-state index >= 15 is 0 Å². The molecule has 0 bridgehead atoms. The zero-order valence-corrected chi connectivity index (χ0v) is 19.0. The van der Waals surface area contributed by atoms with E-state index in [1.54, 1.807) is 23.5 Å². The first-order valence-corrected chi connectivity index (χ1v) is 10.2. The van der Waals surface area contributed by atoms with Crippen molar-refractivity contribution in [3.05, 3.63) is 58.6 Å². The average Bonchev–Trinajstić information content (AvgIpc) is 2.77. The molecule has 0 fully saturated rings. The van der Waals surface area contributed by atoms with Crippen LogP contribution in [0.15, 0.2) is 42.5 Å². The van der Waals surface area contributed by atoms with Crippen molar-refractivity contribution in [1.29, 1.82) is 0 Å². The first-order valence-electron chi connectivity index (χ1n) is 9.86. The molecule has 2 N–H and O–H groups in total. The number of halogens is 4. The highest BCUT2D eigenvalue weighted by Crippen LogP contribution is 2.31. The van der Waals surface area contributed by atoms with Gasteiger partial charge < -0.3 is 19.5 Å². The van der Waals surface area contributed by atoms with Crippen LogP contribution in [0.25, 0.3) is 0 Å². The maximum atomic E-state index is 14.2. The van der Waals surface area contributed by atoms with Gasteiger partial charge in [-0.1, -0.05) is 29.8 Å². The maximum absolute atomic E-state index is 14.2. The molecule has 0 saturated heterocycles. The van der Waals surface area contributed by atoms with E-state index in [0.29, 0.717) is 17.1 Å². The third kappa shape index (κ3) is 6.08. The number of esters is 1. The van der Waals surface area contributed by atoms with Gasteiger partial charge in [0.05, 0.1) is 31.4 Å². The Morgan fingerprint density at radius 3 is 2.27 bits per heavy atom. The van der Waals surface area contributed by atoms with Crippen LogP contribution in [0, 0.1) is 0 Å². The first-order chi connectivity index (χ1) is 15.6. The minimum atomic E-state index is -5.23. The molecule has 0 heterocycles. The van der Waals surface area contributed by atoms with Crippen LogP contribution >= 0.6 is 11.6 Å². The lowest BCUT2D eigenvalue weighted by Gasteiger charge is -2.35. The molecule has 0 radical (unpaired) electrons. The fourth-order valence-electron chi connectivity index (χ4n) is 3.01. The predicted octanol–water partition coefficient (Wildman–Crippen LogP) is 3.74. The molecule has 2 rings (SSSR count). The highest BCUT2D eigenvalue weighted by atomic mass is 35.5. The summed E-state index contributed by atoms with van der Waals surface area (Å²) in [6.45, 7) is 0.700. The Hall–Kier alpha value is -2.98. The first kappa shape index (κ1) is 26.3. The number of amides is 1. The fourth-order valence-corrected chi connectivity index (χ4v) is 3.23. The smallest absolute Gasteiger partial charge is 0.436 e. The normalized spacial score (nSPS) is 13.1. The summed E-state index contributed by atoms with van der Waals surface area (Å²) >= 11 is 5.94. The molecule has 0 saturated carbocycles. The number of hydrogen-bond donors (Lipinski definition) is 2. The quantitative estimate of drug-likeness (QED) is 0.391. The molecule has 0 aliphatic carbocycles. The van der Waals surface area contributed by atoms with Crippen LogP contribution < -0.4 is 20.1 Å². The Morgan fingerprint density at radius 2 is 1.70 bits per heavy atom. The van der Waals surface area contributed by atoms with Gasteiger partial charge in [-0.25, -0.2) is 4.79 Å². The monoisotopic (exact) mass is 488 g/mol. The molecule has 7 nitrogen and oxygen atoms in total. The van der Waals surface area contributed by atoms with Crippen LogP contribution in [-0.2, 0) is 16.0 Å². The van der Waals surface area contributed by atoms with Crippen molar-refractivity contribution >= 4 is 23.5 Å². The second-order valence-corrected chi connectivity index (χ2v) is 7.18. The molecule has 2 aromatic carbocycles. The number of nitrogens with one attached hydrogen (secondary N) is 2. The molecule has 0 unspecified atom stereocenters. The number of methoxy groups -OCH3 is 2. The van der Waals surface area contributed by atoms with Gasteiger partial charge in [-0.2, -0.15) is 13.2 Å². The predicted molar refractivity (Wildman–Crippen MR) is 116 cm³/mol. The largest absolute Gasteiger partial charge is 0.493 e. The van der Waals surface area contributed by atoms with E-state index in [2.05, 4.69) is 10.1 Å². The van der Waals surface area contributed by atoms with Gasteiger partial charge in [-0.3, -0.25) is 10.1 Å². The summed E-state index contributed by atoms with van der Waals surface area (Å²) in [6.07, 6.45) is -5.16. The van der Waals surface area contributed by atoms with E-state index in [-0.39, 0.29) is 30.2 Å². The van der Waals surface area contributed by atoms with Gasteiger partial charge in [-0.05, 0) is 43.2 Å². The molecule has 0 aromatic heterocycles. The van der Waals surface area contributed by atoms with Crippen LogP contribution in [-0.4, -0.2) is 51.1 Å². The average molecular weight is 489 g/mol. The van der Waals surface area contributed by atoms with Crippen molar-refractivity contribution in [3.8, 4) is 11.5 Å². The number of rotatable bonds is 10. The van der Waals surface area contributed by atoms with Crippen molar-refractivity contribution in [1.82, 2.24) is 10.6 Å². The third-order valence-corrected chi connectivity index (χ3v) is 5.01. The molecule has 0 aliphatic rings. The summed E-state index contributed by atoms with van der Waals surface area (Å²) in [5.74, 6) is -2.03. The zero-order valence-electron chi connectivity index (χ0n) is 18.2. The number of alkyl halides is 3. The van der Waals surface area contributed by atoms with Crippen molar-refractivity contribution in [3.63, 3.8) is 0 Å². The van der Waals surface area contributed by atoms with Crippen LogP contribution in [0.2, 0.25) is 5.02 Å². The number of carbonyl (C=O) groups excluding carboxylic acids is 2. The van der Waals surface area contributed by atoms with Crippen LogP contribution in [0.4, 0.5) is 13.2 Å². The second-order valence-electron chi connectivity index (χ2n) is 6.77. The van der Waals surface area contributed by atoms with Gasteiger partial charge in [0.1, 0.15) is 0 Å². The zero-order chi connectivity index (χ0) is 24.6. The summed E-state index contributed by atoms with van der Waals surface area (Å²) in [5.41, 5.74) is -3.10. The minimum Gasteiger partial charge on any atom is -0.493 e. The summed E-state index contributed by atoms with van der Waals surface area (Å²) in [6, 6.07) is 10.4. The van der Waals surface area contributed by atoms with Crippen molar-refractivity contribution < 1.29 is 37.0 Å². The Morgan fingerprint density at radius 1 is 1.03 bits per heavy atom. The van der Waals surface area contributed by atoms with Gasteiger partial charge >= 0.3 is 12.1 Å². The lowest BCUT2D eigenvalue weighted by molar-refractivity contribution is -0.218. The van der Waals surface area contributed by atoms with Crippen molar-refractivity contribution in [2.45, 2.75) is 25.2 Å². The molecule has 11 heteroatoms. The van der Waals surface area contributed by atoms with Crippen LogP contribution in [0.5, 0.6) is 11.5 Å². The molecule has 1 amide bonds. The summed E-state index contributed by atoms with van der Waals surface area (Å²) in [4.78, 5) is 25.2. The van der Waals surface area contributed by atoms with Gasteiger partial charge in [0.25, 0.3) is 11.6 Å². The Labute approximate surface area is 194 Å². The molecule has 33 heavy (non-hydrogen) atoms. The van der Waals surface area contributed by atoms with E-state index in [1.807, 2.05) is 0 Å². The molecule has 0 aliphatic heterocycles. The van der Waals surface area contributed by atoms with Crippen molar-refractivity contribution in [2.24, 2.45) is 0 Å². The molecule has 0 spiro atoms. The van der Waals surface area contributed by atoms with Gasteiger partial charge in [0.15, 0.2) is 11.5 Å². The minimum absolute atomic E-state index is 0.0690. The SMILES string of the molecule is CCOC(=O)[C@](NCCc1ccc(OC)c(OC)c1)(NC(=O)c1ccccc1Cl)C(F)(F)F. The van der Waals surface area contributed by atoms with E-state index in [0.717, 1.165) is 0 Å². The second kappa shape index (κ2) is 11.2. The standard InChI is InChI=1S/C22H24ClF3N2O5/c1-4-33-20(30)21(22(24,25)26,28-19(29)15-7-5-6-8-16(15)23)27-12-11-14-9-10-17(31-2)18(13-14)32-3/h5-10,13,27H,4,11-12H2,1-3H3,(H,28,29)/t21-/m0/s1. The van der Waals surface area contributed by atoms with Crippen LogP contribution in [0.1, 0.15) is 22.8 Å². The topological polar surface area (TPSA) is 85.9 Å². The Balaban J connectivity index is 2.33. The number of carbonyl (C=O) groups is 2. The molecular formula is C22H24ClF3N2O5. The van der Waals surface area contributed by atoms with E-state index < -0.39 is 23.7 Å². The molecule has 1 atom stereocenters. The highest BCUT2D eigenvalue weighted by Gasteiger charge is 2.63. The number of benzene rings is 2. The molecule has 180 valence electrons. The van der Waals surface area contributed by atoms with E-state index in [4.69, 9.17) is 21.1 Å². The Bertz CT molecular complexity index is 987. The van der Waals surface area contributed by atoms with Gasteiger partial charge in [0, 0.05) is 6.54 Å². The number of ether oxygens (including phenoxy) is 3. The third-order valence-electron chi connectivity index (χ3n) is 4.68. The fraction of sp³-hybridized carbons (Fsp3) is 0.364. The van der Waals surface area contributed by atoms with E-state index in [1.165, 1.54) is 45.4 Å². The molecule has 2 aromatic rings. The van der Waals surface area contributed by atoms with Gasteiger partial charge in [0.2, 0.25) is 0 Å². The summed E-state index contributed by atoms with van der Waals surface area (Å²) < 4.78 is 57.7. The summed E-state index contributed by atoms with van der Waals surface area (Å²) in [5, 5.41) is 3.84. The maximum Gasteiger partial charge on any atom is 0.436 e. The van der Waals surface area contributed by atoms with E-state index in [9.17, 15) is 22.8 Å². The Kier molecular flexibility index (Phi) is 8.95. The summed E-state index contributed by atoms with van der Waals surface area (Å²) in [7, 11) is 2.89. The lowest BCUT2D eigenvalue weighted by atomic mass is 10.1.